The first-order valence-electron chi connectivity index (χ1n) is 7.72. The van der Waals surface area contributed by atoms with Gasteiger partial charge in [0.1, 0.15) is 5.75 Å². The zero-order valence-electron chi connectivity index (χ0n) is 14.4. The van der Waals surface area contributed by atoms with Crippen molar-refractivity contribution in [2.45, 2.75) is 19.4 Å². The number of ether oxygens (including phenoxy) is 2. The molecular weight excluding hydrogens is 322 g/mol. The van der Waals surface area contributed by atoms with Crippen molar-refractivity contribution in [2.75, 3.05) is 19.5 Å². The molecular formula is C18H21N3O4. The molecule has 2 amide bonds. The van der Waals surface area contributed by atoms with Crippen LogP contribution in [0.2, 0.25) is 0 Å². The Morgan fingerprint density at radius 2 is 1.80 bits per heavy atom. The largest absolute Gasteiger partial charge is 0.497 e. The lowest BCUT2D eigenvalue weighted by molar-refractivity contribution is -0.120. The van der Waals surface area contributed by atoms with E-state index in [2.05, 4.69) is 15.6 Å². The number of carbonyl (C=O) groups is 2. The fourth-order valence-electron chi connectivity index (χ4n) is 2.31. The summed E-state index contributed by atoms with van der Waals surface area (Å²) in [6.07, 6.45) is 1.61. The highest BCUT2D eigenvalue weighted by Crippen LogP contribution is 2.21. The topological polar surface area (TPSA) is 89.6 Å². The van der Waals surface area contributed by atoms with Gasteiger partial charge in [0.25, 0.3) is 0 Å². The minimum atomic E-state index is -0.436. The molecule has 7 heteroatoms. The summed E-state index contributed by atoms with van der Waals surface area (Å²) in [6, 6.07) is 10.1. The number of nitrogens with zero attached hydrogens (tertiary/aromatic N) is 1. The van der Waals surface area contributed by atoms with Gasteiger partial charge in [0.05, 0.1) is 38.6 Å². The Balaban J connectivity index is 2.06. The number of aromatic nitrogens is 1. The monoisotopic (exact) mass is 343 g/mol. The van der Waals surface area contributed by atoms with Crippen molar-refractivity contribution < 1.29 is 19.1 Å². The van der Waals surface area contributed by atoms with E-state index in [1.165, 1.54) is 20.2 Å². The third-order valence-corrected chi connectivity index (χ3v) is 3.51. The van der Waals surface area contributed by atoms with Crippen molar-refractivity contribution in [3.05, 3.63) is 48.2 Å². The van der Waals surface area contributed by atoms with E-state index in [1.807, 2.05) is 12.1 Å². The molecule has 132 valence electrons. The standard InChI is InChI=1S/C18H21N3O4/c1-12(22)20-16(13-4-7-15(24-2)8-5-13)10-17(23)21-14-6-9-18(25-3)19-11-14/h4-9,11,16H,10H2,1-3H3,(H,20,22)(H,21,23). The summed E-state index contributed by atoms with van der Waals surface area (Å²) in [7, 11) is 3.10. The second-order valence-electron chi connectivity index (χ2n) is 5.37. The van der Waals surface area contributed by atoms with E-state index in [-0.39, 0.29) is 18.2 Å². The predicted octanol–water partition coefficient (Wildman–Crippen LogP) is 2.30. The molecule has 0 radical (unpaired) electrons. The van der Waals surface area contributed by atoms with Gasteiger partial charge in [-0.15, -0.1) is 0 Å². The normalized spacial score (nSPS) is 11.3. The van der Waals surface area contributed by atoms with Crippen LogP contribution in [0.15, 0.2) is 42.6 Å². The molecule has 0 aliphatic heterocycles. The lowest BCUT2D eigenvalue weighted by Crippen LogP contribution is -2.29. The van der Waals surface area contributed by atoms with Gasteiger partial charge in [0, 0.05) is 13.0 Å². The smallest absolute Gasteiger partial charge is 0.226 e. The SMILES string of the molecule is COc1ccc(C(CC(=O)Nc2ccc(OC)nc2)NC(C)=O)cc1. The molecule has 1 heterocycles. The summed E-state index contributed by atoms with van der Waals surface area (Å²) in [5.74, 6) is 0.729. The quantitative estimate of drug-likeness (QED) is 0.805. The van der Waals surface area contributed by atoms with Crippen molar-refractivity contribution in [1.82, 2.24) is 10.3 Å². The molecule has 0 saturated heterocycles. The first kappa shape index (κ1) is 18.3. The highest BCUT2D eigenvalue weighted by Gasteiger charge is 2.17. The first-order chi connectivity index (χ1) is 12.0. The molecule has 0 aliphatic carbocycles. The van der Waals surface area contributed by atoms with Gasteiger partial charge in [0.2, 0.25) is 17.7 Å². The van der Waals surface area contributed by atoms with E-state index >= 15 is 0 Å². The molecule has 0 spiro atoms. The highest BCUT2D eigenvalue weighted by atomic mass is 16.5. The second-order valence-corrected chi connectivity index (χ2v) is 5.37. The van der Waals surface area contributed by atoms with E-state index in [0.717, 1.165) is 5.56 Å². The minimum Gasteiger partial charge on any atom is -0.497 e. The maximum absolute atomic E-state index is 12.3. The number of methoxy groups -OCH3 is 2. The average Bonchev–Trinajstić information content (AvgIpc) is 2.61. The molecule has 0 aliphatic rings. The maximum Gasteiger partial charge on any atom is 0.226 e. The lowest BCUT2D eigenvalue weighted by Gasteiger charge is -2.18. The van der Waals surface area contributed by atoms with E-state index < -0.39 is 6.04 Å². The van der Waals surface area contributed by atoms with Gasteiger partial charge in [-0.25, -0.2) is 4.98 Å². The van der Waals surface area contributed by atoms with Crippen LogP contribution in [0.4, 0.5) is 5.69 Å². The minimum absolute atomic E-state index is 0.0952. The molecule has 25 heavy (non-hydrogen) atoms. The molecule has 0 saturated carbocycles. The van der Waals surface area contributed by atoms with Gasteiger partial charge in [-0.1, -0.05) is 12.1 Å². The van der Waals surface area contributed by atoms with E-state index in [4.69, 9.17) is 9.47 Å². The van der Waals surface area contributed by atoms with Crippen LogP contribution in [-0.2, 0) is 9.59 Å². The van der Waals surface area contributed by atoms with Crippen LogP contribution in [0, 0.1) is 0 Å². The number of carbonyl (C=O) groups excluding carboxylic acids is 2. The Hall–Kier alpha value is -3.09. The summed E-state index contributed by atoms with van der Waals surface area (Å²) in [5.41, 5.74) is 1.38. The second kappa shape index (κ2) is 8.68. The van der Waals surface area contributed by atoms with Crippen molar-refractivity contribution in [3.8, 4) is 11.6 Å². The predicted molar refractivity (Wildman–Crippen MR) is 93.6 cm³/mol. The van der Waals surface area contributed by atoms with Gasteiger partial charge in [-0.3, -0.25) is 9.59 Å². The Morgan fingerprint density at radius 3 is 2.32 bits per heavy atom. The van der Waals surface area contributed by atoms with Crippen molar-refractivity contribution >= 4 is 17.5 Å². The average molecular weight is 343 g/mol. The van der Waals surface area contributed by atoms with Crippen LogP contribution >= 0.6 is 0 Å². The molecule has 1 unspecified atom stereocenters. The molecule has 1 aromatic heterocycles. The van der Waals surface area contributed by atoms with Crippen LogP contribution in [0.3, 0.4) is 0 Å². The van der Waals surface area contributed by atoms with Gasteiger partial charge in [-0.05, 0) is 23.8 Å². The van der Waals surface area contributed by atoms with E-state index in [9.17, 15) is 9.59 Å². The maximum atomic E-state index is 12.3. The van der Waals surface area contributed by atoms with Gasteiger partial charge >= 0.3 is 0 Å². The molecule has 2 rings (SSSR count). The summed E-state index contributed by atoms with van der Waals surface area (Å²) >= 11 is 0. The fourth-order valence-corrected chi connectivity index (χ4v) is 2.31. The third kappa shape index (κ3) is 5.49. The van der Waals surface area contributed by atoms with E-state index in [1.54, 1.807) is 31.4 Å². The first-order valence-corrected chi connectivity index (χ1v) is 7.72. The van der Waals surface area contributed by atoms with Crippen LogP contribution in [-0.4, -0.2) is 31.0 Å². The number of hydrogen-bond acceptors (Lipinski definition) is 5. The summed E-state index contributed by atoms with van der Waals surface area (Å²) in [4.78, 5) is 27.8. The summed E-state index contributed by atoms with van der Waals surface area (Å²) < 4.78 is 10.1. The fraction of sp³-hybridized carbons (Fsp3) is 0.278. The van der Waals surface area contributed by atoms with E-state index in [0.29, 0.717) is 17.3 Å². The van der Waals surface area contributed by atoms with Gasteiger partial charge in [0.15, 0.2) is 0 Å². The Morgan fingerprint density at radius 1 is 1.08 bits per heavy atom. The number of pyridine rings is 1. The number of benzene rings is 1. The lowest BCUT2D eigenvalue weighted by atomic mass is 10.0. The van der Waals surface area contributed by atoms with Crippen LogP contribution in [0.1, 0.15) is 24.9 Å². The highest BCUT2D eigenvalue weighted by molar-refractivity contribution is 5.91. The van der Waals surface area contributed by atoms with Crippen molar-refractivity contribution in [3.63, 3.8) is 0 Å². The Labute approximate surface area is 146 Å². The van der Waals surface area contributed by atoms with Crippen molar-refractivity contribution in [2.24, 2.45) is 0 Å². The summed E-state index contributed by atoms with van der Waals surface area (Å²) in [6.45, 7) is 1.42. The molecule has 1 atom stereocenters. The van der Waals surface area contributed by atoms with Crippen LogP contribution in [0.5, 0.6) is 11.6 Å². The van der Waals surface area contributed by atoms with Crippen LogP contribution in [0.25, 0.3) is 0 Å². The number of nitrogens with one attached hydrogen (secondary N) is 2. The Kier molecular flexibility index (Phi) is 6.33. The molecule has 2 N–H and O–H groups in total. The number of amides is 2. The molecule has 0 fully saturated rings. The zero-order valence-corrected chi connectivity index (χ0v) is 14.4. The number of rotatable bonds is 7. The number of hydrogen-bond donors (Lipinski definition) is 2. The summed E-state index contributed by atoms with van der Waals surface area (Å²) in [5, 5.41) is 5.55. The van der Waals surface area contributed by atoms with Crippen molar-refractivity contribution in [1.29, 1.82) is 0 Å². The molecule has 0 bridgehead atoms. The number of anilines is 1. The van der Waals surface area contributed by atoms with Crippen LogP contribution < -0.4 is 20.1 Å². The third-order valence-electron chi connectivity index (χ3n) is 3.51. The molecule has 2 aromatic rings. The zero-order chi connectivity index (χ0) is 18.2. The Bertz CT molecular complexity index is 714. The van der Waals surface area contributed by atoms with Gasteiger partial charge in [-0.2, -0.15) is 0 Å². The molecule has 1 aromatic carbocycles. The molecule has 7 nitrogen and oxygen atoms in total. The van der Waals surface area contributed by atoms with Gasteiger partial charge < -0.3 is 20.1 Å².